The number of rotatable bonds is 20. The highest BCUT2D eigenvalue weighted by Crippen LogP contribution is 2.55. The number of nitrogens with one attached hydrogen (secondary N) is 6. The fourth-order valence-corrected chi connectivity index (χ4v) is 12.7. The minimum absolute atomic E-state index is 0.0433. The molecule has 1 aliphatic carbocycles. The highest BCUT2D eigenvalue weighted by atomic mass is 35.5. The summed E-state index contributed by atoms with van der Waals surface area (Å²) >= 11 is 13.7. The monoisotopic (exact) mass is 1300 g/mol. The second-order valence-electron chi connectivity index (χ2n) is 18.0. The van der Waals surface area contributed by atoms with Crippen LogP contribution in [0.4, 0.5) is 61.0 Å². The van der Waals surface area contributed by atoms with E-state index in [9.17, 15) is 69.1 Å². The first-order valence-electron chi connectivity index (χ1n) is 23.7. The lowest BCUT2D eigenvalue weighted by Crippen LogP contribution is -2.27. The molecule has 0 saturated carbocycles. The molecule has 0 spiro atoms. The molecule has 30 nitrogen and oxygen atoms in total. The summed E-state index contributed by atoms with van der Waals surface area (Å²) in [5, 5.41) is 15.2. The smallest absolute Gasteiger partial charge is 0.315 e. The van der Waals surface area contributed by atoms with Crippen LogP contribution < -0.4 is 42.0 Å². The van der Waals surface area contributed by atoms with Gasteiger partial charge in [-0.2, -0.15) is 72.4 Å². The highest BCUT2D eigenvalue weighted by molar-refractivity contribution is 7.91. The van der Waals surface area contributed by atoms with E-state index in [-0.39, 0.29) is 85.3 Å². The van der Waals surface area contributed by atoms with Crippen LogP contribution in [-0.2, 0) is 50.3 Å². The van der Waals surface area contributed by atoms with E-state index in [1.807, 2.05) is 0 Å². The predicted octanol–water partition coefficient (Wildman–Crippen LogP) is 6.71. The van der Waals surface area contributed by atoms with Crippen molar-refractivity contribution >= 4 is 137 Å². The van der Waals surface area contributed by atoms with Gasteiger partial charge in [-0.25, -0.2) is 13.4 Å². The van der Waals surface area contributed by atoms with Crippen molar-refractivity contribution in [1.82, 2.24) is 34.9 Å². The van der Waals surface area contributed by atoms with Crippen molar-refractivity contribution in [3.63, 3.8) is 0 Å². The van der Waals surface area contributed by atoms with Crippen LogP contribution in [0.2, 0.25) is 10.0 Å². The number of sulfone groups is 1. The van der Waals surface area contributed by atoms with Crippen LogP contribution in [-0.4, -0.2) is 126 Å². The van der Waals surface area contributed by atoms with E-state index in [1.165, 1.54) is 49.4 Å². The van der Waals surface area contributed by atoms with E-state index in [0.29, 0.717) is 30.3 Å². The lowest BCUT2D eigenvalue weighted by Gasteiger charge is -2.27. The van der Waals surface area contributed by atoms with Crippen molar-refractivity contribution in [2.75, 3.05) is 50.7 Å². The maximum atomic E-state index is 14.7. The van der Waals surface area contributed by atoms with Gasteiger partial charge < -0.3 is 41.1 Å². The quantitative estimate of drug-likeness (QED) is 0.0280. The zero-order valence-corrected chi connectivity index (χ0v) is 48.2. The van der Waals surface area contributed by atoms with E-state index >= 15 is 0 Å². The number of hydrogen-bond donors (Lipinski definition) is 10. The fraction of sp³-hybridized carbons (Fsp3) is 0.200. The Balaban J connectivity index is 0.949. The maximum absolute atomic E-state index is 14.7. The topological polar surface area (TPSA) is 449 Å². The van der Waals surface area contributed by atoms with E-state index in [2.05, 4.69) is 71.8 Å². The Bertz CT molecular complexity index is 4640. The Kier molecular flexibility index (Phi) is 16.6. The van der Waals surface area contributed by atoms with Crippen molar-refractivity contribution in [2.45, 2.75) is 63.8 Å². The third kappa shape index (κ3) is 13.2. The highest BCUT2D eigenvalue weighted by Gasteiger charge is 2.35. The van der Waals surface area contributed by atoms with Gasteiger partial charge in [-0.1, -0.05) is 30.1 Å². The number of halogens is 4. The molecule has 4 aromatic carbocycles. The largest absolute Gasteiger partial charge is 0.450 e. The van der Waals surface area contributed by atoms with Crippen LogP contribution >= 0.6 is 23.2 Å². The van der Waals surface area contributed by atoms with Crippen LogP contribution in [0.5, 0.6) is 11.5 Å². The van der Waals surface area contributed by atoms with Gasteiger partial charge >= 0.3 is 22.3 Å². The van der Waals surface area contributed by atoms with Crippen LogP contribution in [0.25, 0.3) is 22.6 Å². The number of nitrogens with zero attached hydrogens (tertiary/aromatic N) is 8. The summed E-state index contributed by atoms with van der Waals surface area (Å²) in [4.78, 5) is 27.6. The summed E-state index contributed by atoms with van der Waals surface area (Å²) in [7, 11) is -23.8. The molecule has 0 bridgehead atoms. The van der Waals surface area contributed by atoms with Crippen molar-refractivity contribution < 1.29 is 78.2 Å². The molecule has 3 aliphatic rings. The Morgan fingerprint density at radius 1 is 0.643 bits per heavy atom. The summed E-state index contributed by atoms with van der Waals surface area (Å²) in [5.41, 5.74) is -1.71. The fourth-order valence-electron chi connectivity index (χ4n) is 8.10. The predicted molar refractivity (Wildman–Crippen MR) is 296 cm³/mol. The molecular formula is C45H40Cl2F2N14O16S5. The molecule has 2 aliphatic heterocycles. The van der Waals surface area contributed by atoms with Crippen molar-refractivity contribution in [2.24, 2.45) is 4.99 Å². The zero-order valence-electron chi connectivity index (χ0n) is 42.7. The van der Waals surface area contributed by atoms with Crippen LogP contribution in [0.3, 0.4) is 0 Å². The summed E-state index contributed by atoms with van der Waals surface area (Å²) in [6.07, 6.45) is -2.21. The molecule has 84 heavy (non-hydrogen) atoms. The van der Waals surface area contributed by atoms with Crippen LogP contribution in [0.1, 0.15) is 27.2 Å². The summed E-state index contributed by atoms with van der Waals surface area (Å²) in [6.45, 7) is 4.27. The molecule has 9 rings (SSSR count). The molecule has 10 N–H and O–H groups in total. The molecule has 0 radical (unpaired) electrons. The van der Waals surface area contributed by atoms with Gasteiger partial charge in [-0.15, -0.1) is 0 Å². The lowest BCUT2D eigenvalue weighted by molar-refractivity contribution is 0.449. The summed E-state index contributed by atoms with van der Waals surface area (Å²) in [6, 6.07) is 10.9. The third-order valence-corrected chi connectivity index (χ3v) is 17.9. The average Bonchev–Trinajstić information content (AvgIpc) is 0.960. The molecule has 0 amide bonds. The summed E-state index contributed by atoms with van der Waals surface area (Å²) < 4.78 is 206. The van der Waals surface area contributed by atoms with E-state index in [4.69, 9.17) is 32.4 Å². The molecule has 444 valence electrons. The minimum Gasteiger partial charge on any atom is -0.450 e. The zero-order chi connectivity index (χ0) is 61.0. The van der Waals surface area contributed by atoms with Crippen LogP contribution in [0, 0.1) is 12.2 Å². The first-order valence-corrected chi connectivity index (χ1v) is 31.9. The SMILES string of the molecule is CCCS(=O)(=O)c1ccc(Nc2nc(F)nc(NC(C)CNc3ccc4c(c3S(=O)(=O)O)Oc3c(c(Cl)c5oc6c(S(=O)(=O)O)c(=NCC(C)Nc7nc(F)nc(Nc8cc(S(=O)(=O)O)ccc8S(=O)(=O)O)n7)ccc-6nc5c3Cl)N4)n2)cc1. The Morgan fingerprint density at radius 3 is 1.86 bits per heavy atom. The molecular weight excluding hydrogens is 1260 g/mol. The van der Waals surface area contributed by atoms with Gasteiger partial charge in [-0.3, -0.25) is 23.2 Å². The molecule has 39 heteroatoms. The van der Waals surface area contributed by atoms with Gasteiger partial charge in [0.15, 0.2) is 42.5 Å². The molecule has 0 fully saturated rings. The number of hydrogen-bond acceptors (Lipinski definition) is 26. The molecule has 6 aromatic rings. The first kappa shape index (κ1) is 60.7. The lowest BCUT2D eigenvalue weighted by atomic mass is 10.1. The second kappa shape index (κ2) is 23.0. The van der Waals surface area contributed by atoms with Gasteiger partial charge in [0.2, 0.25) is 23.8 Å². The van der Waals surface area contributed by atoms with Crippen molar-refractivity contribution in [3.8, 4) is 23.0 Å². The third-order valence-electron chi connectivity index (χ3n) is 11.7. The normalized spacial score (nSPS) is 13.8. The van der Waals surface area contributed by atoms with Gasteiger partial charge in [-0.05, 0) is 87.0 Å². The first-order chi connectivity index (χ1) is 39.3. The van der Waals surface area contributed by atoms with Gasteiger partial charge in [0.1, 0.15) is 31.8 Å². The Morgan fingerprint density at radius 2 is 1.25 bits per heavy atom. The number of fused-ring (bicyclic) bond motifs is 4. The van der Waals surface area contributed by atoms with Gasteiger partial charge in [0.25, 0.3) is 30.4 Å². The summed E-state index contributed by atoms with van der Waals surface area (Å²) in [5.74, 6) is -3.17. The Hall–Kier alpha value is -7.85. The van der Waals surface area contributed by atoms with E-state index < -0.39 is 129 Å². The molecule has 2 atom stereocenters. The molecule has 4 heterocycles. The molecule has 2 unspecified atom stereocenters. The number of anilines is 9. The maximum Gasteiger partial charge on any atom is 0.315 e. The van der Waals surface area contributed by atoms with E-state index in [0.717, 1.165) is 6.07 Å². The molecule has 0 saturated heterocycles. The second-order valence-corrected chi connectivity index (χ2v) is 26.4. The number of benzene rings is 5. The Labute approximate surface area is 483 Å². The minimum atomic E-state index is -5.25. The molecule has 2 aromatic heterocycles. The van der Waals surface area contributed by atoms with Gasteiger partial charge in [0, 0.05) is 24.3 Å². The van der Waals surface area contributed by atoms with Crippen molar-refractivity contribution in [3.05, 3.63) is 94.3 Å². The number of ether oxygens (including phenoxy) is 1. The standard InChI is InChI=1S/C45H40Cl2F2N14O16S5/c1-4-15-80(64,65)22-7-5-21(6-8-22)54-44-60-40(48)58-42(62-44)52-19(2)17-50-26-12-10-24-34(38(26)83(72,73)74)78-36-30(46)33-37(31(47)32(36)55-24)79-35-25(56-33)11-13-27(39(35)84(75,76)77)51-18-20(3)53-43-59-41(49)61-45(63-43)57-28-16-23(81(66,67)68)9-14-29(28)82(69,70)71/h5-14,16,19-20,50,55H,4,15,17-18H2,1-3H3,(H,66,67,68)(H,69,70,71)(H,72,73,74)(H,75,76,77)(H2,52,54,58,60,62)(H2,53,57,59,61,63). The van der Waals surface area contributed by atoms with E-state index in [1.54, 1.807) is 13.8 Å². The van der Waals surface area contributed by atoms with Crippen LogP contribution in [0.15, 0.2) is 101 Å². The number of aromatic nitrogens is 7. The van der Waals surface area contributed by atoms with Gasteiger partial charge in [0.05, 0.1) is 44.5 Å². The van der Waals surface area contributed by atoms with Crippen molar-refractivity contribution in [1.29, 1.82) is 0 Å². The average molecular weight is 1300 g/mol.